The first kappa shape index (κ1) is 24.7. The number of ether oxygens (including phenoxy) is 2. The van der Waals surface area contributed by atoms with Crippen molar-refractivity contribution in [2.45, 2.75) is 44.7 Å². The Bertz CT molecular complexity index is 1380. The Morgan fingerprint density at radius 2 is 1.81 bits per heavy atom. The molecule has 0 saturated heterocycles. The summed E-state index contributed by atoms with van der Waals surface area (Å²) in [6.07, 6.45) is 5.16. The van der Waals surface area contributed by atoms with Crippen LogP contribution in [0.25, 0.3) is 22.4 Å². The molecule has 1 aliphatic carbocycles. The molecule has 37 heavy (non-hydrogen) atoms. The second-order valence-electron chi connectivity index (χ2n) is 9.40. The van der Waals surface area contributed by atoms with Crippen LogP contribution in [-0.2, 0) is 11.3 Å². The van der Waals surface area contributed by atoms with E-state index >= 15 is 0 Å². The zero-order valence-corrected chi connectivity index (χ0v) is 21.1. The number of pyridine rings is 1. The molecule has 4 aromatic rings. The molecule has 1 aliphatic rings. The topological polar surface area (TPSA) is 78.3 Å². The van der Waals surface area contributed by atoms with Gasteiger partial charge in [-0.2, -0.15) is 4.98 Å². The molecular weight excluding hydrogens is 471 g/mol. The molecule has 1 unspecified atom stereocenters. The third-order valence-corrected chi connectivity index (χ3v) is 7.08. The molecule has 0 spiro atoms. The van der Waals surface area contributed by atoms with Gasteiger partial charge in [-0.15, -0.1) is 0 Å². The minimum Gasteiger partial charge on any atom is -0.481 e. The first-order chi connectivity index (χ1) is 18.1. The zero-order chi connectivity index (χ0) is 25.8. The summed E-state index contributed by atoms with van der Waals surface area (Å²) in [7, 11) is 3.07. The van der Waals surface area contributed by atoms with Crippen molar-refractivity contribution in [1.82, 2.24) is 19.9 Å². The van der Waals surface area contributed by atoms with Crippen LogP contribution in [0.2, 0.25) is 0 Å². The lowest BCUT2D eigenvalue weighted by Gasteiger charge is -2.32. The van der Waals surface area contributed by atoms with Crippen molar-refractivity contribution < 1.29 is 18.7 Å². The van der Waals surface area contributed by atoms with Gasteiger partial charge in [-0.25, -0.2) is 9.37 Å². The van der Waals surface area contributed by atoms with Crippen LogP contribution in [0, 0.1) is 11.7 Å². The number of fused-ring (bicyclic) bond motifs is 1. The number of halogens is 1. The van der Waals surface area contributed by atoms with Gasteiger partial charge in [0.25, 0.3) is 0 Å². The molecule has 1 atom stereocenters. The number of nitrogens with zero attached hydrogens (tertiary/aromatic N) is 3. The SMILES string of the molecule is COc1ccc(-c2nc3cc(F)ccc3n2C(C(=O)NCc2ccccc2)C2CCCCC2)c(OC)n1. The molecule has 0 radical (unpaired) electrons. The average Bonchev–Trinajstić information content (AvgIpc) is 3.30. The number of hydrogen-bond donors (Lipinski definition) is 1. The number of aromatic nitrogens is 3. The van der Waals surface area contributed by atoms with E-state index < -0.39 is 6.04 Å². The van der Waals surface area contributed by atoms with E-state index in [0.29, 0.717) is 40.7 Å². The fraction of sp³-hybridized carbons (Fsp3) is 0.345. The van der Waals surface area contributed by atoms with Gasteiger partial charge < -0.3 is 19.4 Å². The molecule has 1 saturated carbocycles. The van der Waals surface area contributed by atoms with E-state index in [2.05, 4.69) is 10.3 Å². The number of amides is 1. The van der Waals surface area contributed by atoms with Crippen LogP contribution in [0.4, 0.5) is 4.39 Å². The summed E-state index contributed by atoms with van der Waals surface area (Å²) in [4.78, 5) is 23.2. The van der Waals surface area contributed by atoms with Crippen LogP contribution in [0.5, 0.6) is 11.8 Å². The van der Waals surface area contributed by atoms with E-state index in [9.17, 15) is 9.18 Å². The molecule has 2 aromatic heterocycles. The molecule has 1 fully saturated rings. The number of carbonyl (C=O) groups is 1. The summed E-state index contributed by atoms with van der Waals surface area (Å²) in [6, 6.07) is 17.4. The van der Waals surface area contributed by atoms with Crippen LogP contribution in [-0.4, -0.2) is 34.7 Å². The predicted octanol–water partition coefficient (Wildman–Crippen LogP) is 5.69. The lowest BCUT2D eigenvalue weighted by Crippen LogP contribution is -2.37. The Hall–Kier alpha value is -3.94. The molecule has 2 heterocycles. The number of hydrogen-bond acceptors (Lipinski definition) is 5. The van der Waals surface area contributed by atoms with Crippen molar-refractivity contribution in [1.29, 1.82) is 0 Å². The number of carbonyl (C=O) groups excluding carboxylic acids is 1. The van der Waals surface area contributed by atoms with Gasteiger partial charge in [0.05, 0.1) is 30.8 Å². The van der Waals surface area contributed by atoms with Crippen molar-refractivity contribution in [3.8, 4) is 23.1 Å². The summed E-state index contributed by atoms with van der Waals surface area (Å²) in [6.45, 7) is 0.424. The Kier molecular flexibility index (Phi) is 7.35. The molecule has 7 nitrogen and oxygen atoms in total. The molecule has 1 N–H and O–H groups in total. The van der Waals surface area contributed by atoms with Crippen LogP contribution in [0.15, 0.2) is 60.7 Å². The monoisotopic (exact) mass is 502 g/mol. The quantitative estimate of drug-likeness (QED) is 0.335. The lowest BCUT2D eigenvalue weighted by molar-refractivity contribution is -0.126. The highest BCUT2D eigenvalue weighted by Crippen LogP contribution is 2.40. The fourth-order valence-electron chi connectivity index (χ4n) is 5.29. The van der Waals surface area contributed by atoms with Gasteiger partial charge in [0.15, 0.2) is 0 Å². The van der Waals surface area contributed by atoms with Crippen LogP contribution < -0.4 is 14.8 Å². The highest BCUT2D eigenvalue weighted by Gasteiger charge is 2.35. The van der Waals surface area contributed by atoms with Crippen molar-refractivity contribution in [2.24, 2.45) is 5.92 Å². The van der Waals surface area contributed by atoms with Crippen molar-refractivity contribution in [3.05, 3.63) is 72.0 Å². The number of benzene rings is 2. The molecule has 0 aliphatic heterocycles. The van der Waals surface area contributed by atoms with E-state index in [1.165, 1.54) is 26.4 Å². The molecule has 8 heteroatoms. The second kappa shape index (κ2) is 11.0. The normalized spacial score (nSPS) is 14.9. The molecule has 192 valence electrons. The third kappa shape index (κ3) is 5.14. The number of rotatable bonds is 8. The Balaban J connectivity index is 1.65. The van der Waals surface area contributed by atoms with Gasteiger partial charge in [0.1, 0.15) is 17.7 Å². The summed E-state index contributed by atoms with van der Waals surface area (Å²) in [5.41, 5.74) is 2.80. The van der Waals surface area contributed by atoms with Crippen LogP contribution in [0.1, 0.15) is 43.7 Å². The molecule has 0 bridgehead atoms. The van der Waals surface area contributed by atoms with Gasteiger partial charge in [0.2, 0.25) is 17.7 Å². The largest absolute Gasteiger partial charge is 0.481 e. The summed E-state index contributed by atoms with van der Waals surface area (Å²) in [5.74, 6) is 0.885. The van der Waals surface area contributed by atoms with E-state index in [-0.39, 0.29) is 17.6 Å². The first-order valence-corrected chi connectivity index (χ1v) is 12.7. The fourth-order valence-corrected chi connectivity index (χ4v) is 5.29. The van der Waals surface area contributed by atoms with Crippen molar-refractivity contribution in [2.75, 3.05) is 14.2 Å². The van der Waals surface area contributed by atoms with Gasteiger partial charge >= 0.3 is 0 Å². The summed E-state index contributed by atoms with van der Waals surface area (Å²) >= 11 is 0. The third-order valence-electron chi connectivity index (χ3n) is 7.08. The van der Waals surface area contributed by atoms with Gasteiger partial charge in [0, 0.05) is 18.7 Å². The maximum Gasteiger partial charge on any atom is 0.243 e. The minimum atomic E-state index is -0.527. The maximum atomic E-state index is 14.3. The molecule has 2 aromatic carbocycles. The smallest absolute Gasteiger partial charge is 0.243 e. The van der Waals surface area contributed by atoms with E-state index in [1.54, 1.807) is 12.1 Å². The number of imidazole rings is 1. The number of methoxy groups -OCH3 is 2. The Labute approximate surface area is 215 Å². The van der Waals surface area contributed by atoms with E-state index in [0.717, 1.165) is 37.7 Å². The Morgan fingerprint density at radius 1 is 1.03 bits per heavy atom. The Morgan fingerprint density at radius 3 is 2.54 bits per heavy atom. The highest BCUT2D eigenvalue weighted by molar-refractivity contribution is 5.88. The van der Waals surface area contributed by atoms with E-state index in [1.807, 2.05) is 41.0 Å². The maximum absolute atomic E-state index is 14.3. The van der Waals surface area contributed by atoms with Gasteiger partial charge in [-0.1, -0.05) is 49.6 Å². The minimum absolute atomic E-state index is 0.0823. The summed E-state index contributed by atoms with van der Waals surface area (Å²) in [5, 5.41) is 3.16. The summed E-state index contributed by atoms with van der Waals surface area (Å²) < 4.78 is 27.1. The molecule has 5 rings (SSSR count). The number of nitrogens with one attached hydrogen (secondary N) is 1. The molecule has 1 amide bonds. The standard InChI is InChI=1S/C29H31FN4O3/c1-36-25-16-14-22(29(33-25)37-2)27-32-23-17-21(30)13-15-24(23)34(27)26(20-11-7-4-8-12-20)28(35)31-18-19-9-5-3-6-10-19/h3,5-6,9-10,13-17,20,26H,4,7-8,11-12,18H2,1-2H3,(H,31,35). The first-order valence-electron chi connectivity index (χ1n) is 12.7. The van der Waals surface area contributed by atoms with Gasteiger partial charge in [-0.05, 0) is 42.5 Å². The zero-order valence-electron chi connectivity index (χ0n) is 21.1. The molecular formula is C29H31FN4O3. The van der Waals surface area contributed by atoms with Gasteiger partial charge in [-0.3, -0.25) is 4.79 Å². The predicted molar refractivity (Wildman–Crippen MR) is 140 cm³/mol. The van der Waals surface area contributed by atoms with Crippen LogP contribution >= 0.6 is 0 Å². The lowest BCUT2D eigenvalue weighted by atomic mass is 9.83. The van der Waals surface area contributed by atoms with E-state index in [4.69, 9.17) is 14.5 Å². The van der Waals surface area contributed by atoms with Crippen LogP contribution in [0.3, 0.4) is 0 Å². The average molecular weight is 503 g/mol. The highest BCUT2D eigenvalue weighted by atomic mass is 19.1. The van der Waals surface area contributed by atoms with Crippen molar-refractivity contribution in [3.63, 3.8) is 0 Å². The van der Waals surface area contributed by atoms with Crippen molar-refractivity contribution >= 4 is 16.9 Å². The second-order valence-corrected chi connectivity index (χ2v) is 9.40.